The van der Waals surface area contributed by atoms with Gasteiger partial charge in [0, 0.05) is 16.1 Å². The van der Waals surface area contributed by atoms with E-state index in [0.29, 0.717) is 17.0 Å². The van der Waals surface area contributed by atoms with Crippen molar-refractivity contribution in [3.05, 3.63) is 105 Å². The summed E-state index contributed by atoms with van der Waals surface area (Å²) in [4.78, 5) is 32.1. The Balaban J connectivity index is 1.53. The van der Waals surface area contributed by atoms with Crippen LogP contribution < -0.4 is 5.32 Å². The third-order valence-electron chi connectivity index (χ3n) is 8.38. The number of hydrogen-bond acceptors (Lipinski definition) is 4. The van der Waals surface area contributed by atoms with Crippen LogP contribution >= 0.6 is 11.6 Å². The Morgan fingerprint density at radius 2 is 1.74 bits per heavy atom. The number of aromatic nitrogens is 1. The number of anilines is 1. The van der Waals surface area contributed by atoms with Crippen LogP contribution in [0.5, 0.6) is 0 Å². The number of halogens is 1. The molecule has 6 heteroatoms. The smallest absolute Gasteiger partial charge is 0.339 e. The molecule has 0 saturated carbocycles. The lowest BCUT2D eigenvalue weighted by Crippen LogP contribution is -2.29. The van der Waals surface area contributed by atoms with Gasteiger partial charge >= 0.3 is 5.97 Å². The molecule has 1 N–H and O–H groups in total. The van der Waals surface area contributed by atoms with Crippen molar-refractivity contribution in [3.8, 4) is 0 Å². The number of fused-ring (bicyclic) bond motifs is 2. The van der Waals surface area contributed by atoms with Crippen LogP contribution in [0.25, 0.3) is 22.6 Å². The molecule has 5 nitrogen and oxygen atoms in total. The molecule has 1 amide bonds. The molecule has 0 radical (unpaired) electrons. The molecule has 0 bridgehead atoms. The summed E-state index contributed by atoms with van der Waals surface area (Å²) in [5.41, 5.74) is 7.76. The first kappa shape index (κ1) is 30.5. The van der Waals surface area contributed by atoms with Gasteiger partial charge in [0.15, 0.2) is 6.61 Å². The Hall–Kier alpha value is -3.96. The number of allylic oxidation sites excluding steroid dienone is 1. The maximum absolute atomic E-state index is 13.9. The van der Waals surface area contributed by atoms with Gasteiger partial charge in [-0.05, 0) is 89.1 Å². The Labute approximate surface area is 259 Å². The van der Waals surface area contributed by atoms with Gasteiger partial charge < -0.3 is 10.1 Å². The summed E-state index contributed by atoms with van der Waals surface area (Å²) in [6, 6.07) is 21.3. The standard InChI is InChI=1S/C37H39ClN2O3/c1-22(2)28-12-9-10-23(3)34(28)40-32(41)21-43-36(42)33-29-11-7-8-13-31(29)39-35-25(18-24-14-16-27(38)17-15-24)19-26(20-30(33)35)37(4,5)6/h7-18,22,26H,19-21H2,1-6H3,(H,40,41)/b25-18-/t26-/m1/s1. The molecule has 5 rings (SSSR count). The lowest BCUT2D eigenvalue weighted by atomic mass is 9.69. The Morgan fingerprint density at radius 3 is 2.44 bits per heavy atom. The second kappa shape index (κ2) is 12.3. The molecule has 1 aromatic heterocycles. The van der Waals surface area contributed by atoms with Crippen LogP contribution in [0.15, 0.2) is 66.7 Å². The summed E-state index contributed by atoms with van der Waals surface area (Å²) in [5.74, 6) is -0.378. The fourth-order valence-corrected chi connectivity index (χ4v) is 5.98. The molecule has 1 heterocycles. The molecule has 4 aromatic rings. The molecule has 222 valence electrons. The summed E-state index contributed by atoms with van der Waals surface area (Å²) in [6.45, 7) is 12.4. The highest BCUT2D eigenvalue weighted by Gasteiger charge is 2.35. The highest BCUT2D eigenvalue weighted by atomic mass is 35.5. The Morgan fingerprint density at radius 1 is 1.02 bits per heavy atom. The van der Waals surface area contributed by atoms with Crippen LogP contribution in [0.4, 0.5) is 5.69 Å². The summed E-state index contributed by atoms with van der Waals surface area (Å²) in [6.07, 6.45) is 3.66. The van der Waals surface area contributed by atoms with Gasteiger partial charge in [-0.1, -0.05) is 94.8 Å². The van der Waals surface area contributed by atoms with E-state index in [2.05, 4.69) is 46.0 Å². The number of hydrogen-bond donors (Lipinski definition) is 1. The minimum Gasteiger partial charge on any atom is -0.452 e. The largest absolute Gasteiger partial charge is 0.452 e. The summed E-state index contributed by atoms with van der Waals surface area (Å²) in [5, 5.41) is 4.39. The van der Waals surface area contributed by atoms with Crippen molar-refractivity contribution in [2.45, 2.75) is 60.3 Å². The topological polar surface area (TPSA) is 68.3 Å². The van der Waals surface area contributed by atoms with Crippen molar-refractivity contribution in [2.75, 3.05) is 11.9 Å². The SMILES string of the molecule is Cc1cccc(C(C)C)c1NC(=O)COC(=O)c1c2c(nc3ccccc13)/C(=C\c1ccc(Cl)cc1)C[C@@H](C(C)(C)C)C2. The molecule has 0 saturated heterocycles. The van der Waals surface area contributed by atoms with E-state index in [9.17, 15) is 9.59 Å². The molecule has 0 fully saturated rings. The van der Waals surface area contributed by atoms with Crippen LogP contribution in [0.3, 0.4) is 0 Å². The van der Waals surface area contributed by atoms with Gasteiger partial charge in [0.1, 0.15) is 0 Å². The van der Waals surface area contributed by atoms with Crippen LogP contribution in [-0.4, -0.2) is 23.5 Å². The zero-order valence-electron chi connectivity index (χ0n) is 25.8. The van der Waals surface area contributed by atoms with Crippen molar-refractivity contribution < 1.29 is 14.3 Å². The van der Waals surface area contributed by atoms with E-state index in [4.69, 9.17) is 21.3 Å². The number of esters is 1. The minimum absolute atomic E-state index is 0.00878. The van der Waals surface area contributed by atoms with Crippen molar-refractivity contribution in [1.82, 2.24) is 4.98 Å². The molecular formula is C37H39ClN2O3. The fourth-order valence-electron chi connectivity index (χ4n) is 5.85. The van der Waals surface area contributed by atoms with E-state index < -0.39 is 5.97 Å². The third kappa shape index (κ3) is 6.67. The van der Waals surface area contributed by atoms with Gasteiger partial charge in [-0.15, -0.1) is 0 Å². The summed E-state index contributed by atoms with van der Waals surface area (Å²) < 4.78 is 5.75. The maximum Gasteiger partial charge on any atom is 0.339 e. The molecule has 1 atom stereocenters. The van der Waals surface area contributed by atoms with Gasteiger partial charge in [-0.3, -0.25) is 4.79 Å². The first-order valence-electron chi connectivity index (χ1n) is 14.9. The molecule has 0 aliphatic heterocycles. The highest BCUT2D eigenvalue weighted by molar-refractivity contribution is 6.30. The average Bonchev–Trinajstić information content (AvgIpc) is 2.96. The number of carbonyl (C=O) groups is 2. The Kier molecular flexibility index (Phi) is 8.75. The lowest BCUT2D eigenvalue weighted by molar-refractivity contribution is -0.119. The predicted molar refractivity (Wildman–Crippen MR) is 177 cm³/mol. The monoisotopic (exact) mass is 594 g/mol. The lowest BCUT2D eigenvalue weighted by Gasteiger charge is -2.36. The van der Waals surface area contributed by atoms with E-state index in [0.717, 1.165) is 56.5 Å². The third-order valence-corrected chi connectivity index (χ3v) is 8.63. The van der Waals surface area contributed by atoms with Crippen LogP contribution in [0.2, 0.25) is 5.02 Å². The zero-order chi connectivity index (χ0) is 30.9. The van der Waals surface area contributed by atoms with Crippen LogP contribution in [0.1, 0.15) is 85.3 Å². The van der Waals surface area contributed by atoms with Gasteiger partial charge in [-0.2, -0.15) is 0 Å². The molecule has 3 aromatic carbocycles. The van der Waals surface area contributed by atoms with Crippen molar-refractivity contribution in [2.24, 2.45) is 11.3 Å². The first-order valence-corrected chi connectivity index (χ1v) is 15.2. The van der Waals surface area contributed by atoms with Gasteiger partial charge in [0.05, 0.1) is 16.8 Å². The number of pyridine rings is 1. The van der Waals surface area contributed by atoms with E-state index >= 15 is 0 Å². The number of para-hydroxylation sites is 2. The van der Waals surface area contributed by atoms with Crippen LogP contribution in [-0.2, 0) is 16.0 Å². The Bertz CT molecular complexity index is 1710. The van der Waals surface area contributed by atoms with Gasteiger partial charge in [-0.25, -0.2) is 9.78 Å². The first-order chi connectivity index (χ1) is 20.4. The van der Waals surface area contributed by atoms with E-state index in [1.54, 1.807) is 0 Å². The normalized spacial score (nSPS) is 15.9. The maximum atomic E-state index is 13.9. The van der Waals surface area contributed by atoms with Crippen molar-refractivity contribution in [1.29, 1.82) is 0 Å². The number of benzene rings is 3. The average molecular weight is 595 g/mol. The number of ether oxygens (including phenoxy) is 1. The molecule has 1 aliphatic carbocycles. The molecular weight excluding hydrogens is 556 g/mol. The number of amides is 1. The van der Waals surface area contributed by atoms with Crippen LogP contribution in [0, 0.1) is 18.3 Å². The number of nitrogens with one attached hydrogen (secondary N) is 1. The molecule has 0 spiro atoms. The second-order valence-corrected chi connectivity index (χ2v) is 13.3. The van der Waals surface area contributed by atoms with Gasteiger partial charge in [0.25, 0.3) is 5.91 Å². The summed E-state index contributed by atoms with van der Waals surface area (Å²) in [7, 11) is 0. The quantitative estimate of drug-likeness (QED) is 0.226. The fraction of sp³-hybridized carbons (Fsp3) is 0.324. The highest BCUT2D eigenvalue weighted by Crippen LogP contribution is 2.45. The second-order valence-electron chi connectivity index (χ2n) is 12.8. The minimum atomic E-state index is -0.515. The van der Waals surface area contributed by atoms with Crippen molar-refractivity contribution >= 4 is 51.7 Å². The molecule has 1 aliphatic rings. The summed E-state index contributed by atoms with van der Waals surface area (Å²) >= 11 is 6.15. The number of nitrogens with zero attached hydrogens (tertiary/aromatic N) is 1. The van der Waals surface area contributed by atoms with Gasteiger partial charge in [0.2, 0.25) is 0 Å². The van der Waals surface area contributed by atoms with E-state index in [1.807, 2.05) is 73.7 Å². The zero-order valence-corrected chi connectivity index (χ0v) is 26.5. The number of aryl methyl sites for hydroxylation is 1. The molecule has 43 heavy (non-hydrogen) atoms. The van der Waals surface area contributed by atoms with E-state index in [1.165, 1.54) is 0 Å². The predicted octanol–water partition coefficient (Wildman–Crippen LogP) is 9.26. The van der Waals surface area contributed by atoms with Crippen molar-refractivity contribution in [3.63, 3.8) is 0 Å². The number of carbonyl (C=O) groups excluding carboxylic acids is 2. The van der Waals surface area contributed by atoms with E-state index in [-0.39, 0.29) is 29.8 Å². The number of rotatable bonds is 6. The molecule has 0 unspecified atom stereocenters.